The van der Waals surface area contributed by atoms with Gasteiger partial charge in [0, 0.05) is 17.5 Å². The van der Waals surface area contributed by atoms with Crippen molar-refractivity contribution in [1.29, 1.82) is 0 Å². The Morgan fingerprint density at radius 3 is 2.52 bits per heavy atom. The average molecular weight is 365 g/mol. The normalized spacial score (nSPS) is 13.0. The Morgan fingerprint density at radius 2 is 1.78 bits per heavy atom. The van der Waals surface area contributed by atoms with E-state index in [1.165, 1.54) is 18.1 Å². The SMILES string of the molecule is COC(=O)CC1=CC(=O)N(CC(=O)Nc2ccccc2)c2ccccc2N1. The van der Waals surface area contributed by atoms with Gasteiger partial charge in [0.2, 0.25) is 5.91 Å². The number of anilines is 3. The van der Waals surface area contributed by atoms with Gasteiger partial charge in [-0.3, -0.25) is 19.3 Å². The molecule has 2 N–H and O–H groups in total. The van der Waals surface area contributed by atoms with Crippen molar-refractivity contribution in [1.82, 2.24) is 0 Å². The molecule has 7 heteroatoms. The summed E-state index contributed by atoms with van der Waals surface area (Å²) in [7, 11) is 1.29. The van der Waals surface area contributed by atoms with E-state index in [9.17, 15) is 14.4 Å². The Kier molecular flexibility index (Phi) is 5.51. The lowest BCUT2D eigenvalue weighted by molar-refractivity contribution is -0.139. The number of benzene rings is 2. The standard InChI is InChI=1S/C20H19N3O4/c1-27-20(26)12-15-11-19(25)23(17-10-6-5-9-16(17)21-15)13-18(24)22-14-7-3-2-4-8-14/h2-11,21H,12-13H2,1H3,(H,22,24). The first-order valence-corrected chi connectivity index (χ1v) is 8.36. The number of rotatable bonds is 5. The minimum atomic E-state index is -0.464. The van der Waals surface area contributed by atoms with Gasteiger partial charge in [0.1, 0.15) is 6.54 Å². The second-order valence-corrected chi connectivity index (χ2v) is 5.90. The number of esters is 1. The third-order valence-corrected chi connectivity index (χ3v) is 3.98. The summed E-state index contributed by atoms with van der Waals surface area (Å²) in [6.07, 6.45) is 1.24. The van der Waals surface area contributed by atoms with Crippen LogP contribution in [0.3, 0.4) is 0 Å². The molecule has 1 aliphatic rings. The molecule has 0 saturated carbocycles. The Hall–Kier alpha value is -3.61. The molecule has 0 radical (unpaired) electrons. The molecule has 1 heterocycles. The number of fused-ring (bicyclic) bond motifs is 1. The zero-order valence-electron chi connectivity index (χ0n) is 14.8. The quantitative estimate of drug-likeness (QED) is 0.795. The molecule has 7 nitrogen and oxygen atoms in total. The van der Waals surface area contributed by atoms with E-state index in [2.05, 4.69) is 15.4 Å². The first-order chi connectivity index (χ1) is 13.1. The van der Waals surface area contributed by atoms with Crippen molar-refractivity contribution in [3.05, 3.63) is 66.4 Å². The van der Waals surface area contributed by atoms with E-state index >= 15 is 0 Å². The van der Waals surface area contributed by atoms with Crippen LogP contribution in [-0.4, -0.2) is 31.4 Å². The summed E-state index contributed by atoms with van der Waals surface area (Å²) in [5.41, 5.74) is 2.25. The lowest BCUT2D eigenvalue weighted by Crippen LogP contribution is -2.37. The number of para-hydroxylation sites is 3. The summed E-state index contributed by atoms with van der Waals surface area (Å²) in [4.78, 5) is 38.1. The van der Waals surface area contributed by atoms with Crippen LogP contribution in [0.25, 0.3) is 0 Å². The fourth-order valence-electron chi connectivity index (χ4n) is 2.72. The van der Waals surface area contributed by atoms with Gasteiger partial charge in [-0.05, 0) is 24.3 Å². The van der Waals surface area contributed by atoms with Crippen LogP contribution in [-0.2, 0) is 19.1 Å². The molecule has 0 saturated heterocycles. The van der Waals surface area contributed by atoms with E-state index in [0.717, 1.165) is 0 Å². The third-order valence-electron chi connectivity index (χ3n) is 3.98. The maximum Gasteiger partial charge on any atom is 0.311 e. The molecule has 0 fully saturated rings. The first kappa shape index (κ1) is 18.2. The monoisotopic (exact) mass is 365 g/mol. The number of nitrogens with one attached hydrogen (secondary N) is 2. The van der Waals surface area contributed by atoms with Crippen LogP contribution in [0.4, 0.5) is 17.1 Å². The van der Waals surface area contributed by atoms with Gasteiger partial charge in [0.15, 0.2) is 0 Å². The smallest absolute Gasteiger partial charge is 0.311 e. The van der Waals surface area contributed by atoms with Crippen LogP contribution < -0.4 is 15.5 Å². The minimum Gasteiger partial charge on any atom is -0.469 e. The van der Waals surface area contributed by atoms with Crippen molar-refractivity contribution in [3.63, 3.8) is 0 Å². The zero-order chi connectivity index (χ0) is 19.2. The van der Waals surface area contributed by atoms with Crippen LogP contribution >= 0.6 is 0 Å². The molecule has 0 aliphatic carbocycles. The van der Waals surface area contributed by atoms with Crippen LogP contribution in [0, 0.1) is 0 Å². The molecule has 0 aromatic heterocycles. The van der Waals surface area contributed by atoms with Gasteiger partial charge in [-0.25, -0.2) is 0 Å². The molecule has 0 atom stereocenters. The van der Waals surface area contributed by atoms with Crippen molar-refractivity contribution in [2.45, 2.75) is 6.42 Å². The lowest BCUT2D eigenvalue weighted by Gasteiger charge is -2.21. The van der Waals surface area contributed by atoms with Crippen LogP contribution in [0.2, 0.25) is 0 Å². The molecule has 0 bridgehead atoms. The Bertz CT molecular complexity index is 893. The lowest BCUT2D eigenvalue weighted by atomic mass is 10.2. The van der Waals surface area contributed by atoms with E-state index in [1.807, 2.05) is 18.2 Å². The highest BCUT2D eigenvalue weighted by Gasteiger charge is 2.24. The summed E-state index contributed by atoms with van der Waals surface area (Å²) < 4.78 is 4.67. The number of carbonyl (C=O) groups excluding carboxylic acids is 3. The molecule has 0 unspecified atom stereocenters. The number of amides is 2. The highest BCUT2D eigenvalue weighted by atomic mass is 16.5. The molecule has 2 amide bonds. The maximum atomic E-state index is 12.7. The minimum absolute atomic E-state index is 0.0688. The highest BCUT2D eigenvalue weighted by Crippen LogP contribution is 2.30. The topological polar surface area (TPSA) is 87.7 Å². The second-order valence-electron chi connectivity index (χ2n) is 5.90. The summed E-state index contributed by atoms with van der Waals surface area (Å²) in [6.45, 7) is -0.158. The second kappa shape index (κ2) is 8.18. The molecule has 3 rings (SSSR count). The summed E-state index contributed by atoms with van der Waals surface area (Å²) in [6, 6.07) is 16.1. The maximum absolute atomic E-state index is 12.7. The van der Waals surface area contributed by atoms with Crippen LogP contribution in [0.5, 0.6) is 0 Å². The van der Waals surface area contributed by atoms with E-state index in [4.69, 9.17) is 0 Å². The largest absolute Gasteiger partial charge is 0.469 e. The number of methoxy groups -OCH3 is 1. The van der Waals surface area contributed by atoms with Crippen molar-refractivity contribution < 1.29 is 19.1 Å². The van der Waals surface area contributed by atoms with Gasteiger partial charge >= 0.3 is 5.97 Å². The summed E-state index contributed by atoms with van der Waals surface area (Å²) >= 11 is 0. The van der Waals surface area contributed by atoms with Gasteiger partial charge in [0.25, 0.3) is 5.91 Å². The van der Waals surface area contributed by atoms with Gasteiger partial charge < -0.3 is 15.4 Å². The van der Waals surface area contributed by atoms with Crippen LogP contribution in [0.15, 0.2) is 66.4 Å². The Labute approximate surface area is 156 Å². The fraction of sp³-hybridized carbons (Fsp3) is 0.150. The van der Waals surface area contributed by atoms with Crippen molar-refractivity contribution in [2.75, 3.05) is 29.2 Å². The van der Waals surface area contributed by atoms with Crippen LogP contribution in [0.1, 0.15) is 6.42 Å². The average Bonchev–Trinajstić information content (AvgIpc) is 2.79. The fourth-order valence-corrected chi connectivity index (χ4v) is 2.72. The summed E-state index contributed by atoms with van der Waals surface area (Å²) in [5.74, 6) is -1.18. The molecular weight excluding hydrogens is 346 g/mol. The molecule has 1 aliphatic heterocycles. The van der Waals surface area contributed by atoms with E-state index in [1.54, 1.807) is 36.4 Å². The van der Waals surface area contributed by atoms with E-state index < -0.39 is 11.9 Å². The molecule has 2 aromatic carbocycles. The number of carbonyl (C=O) groups is 3. The first-order valence-electron chi connectivity index (χ1n) is 8.36. The van der Waals surface area contributed by atoms with Crippen molar-refractivity contribution >= 4 is 34.8 Å². The highest BCUT2D eigenvalue weighted by molar-refractivity contribution is 6.10. The molecular formula is C20H19N3O4. The van der Waals surface area contributed by atoms with Gasteiger partial charge in [-0.1, -0.05) is 30.3 Å². The number of hydrogen-bond donors (Lipinski definition) is 2. The molecule has 27 heavy (non-hydrogen) atoms. The number of hydrogen-bond acceptors (Lipinski definition) is 5. The number of nitrogens with zero attached hydrogens (tertiary/aromatic N) is 1. The third kappa shape index (κ3) is 4.52. The Morgan fingerprint density at radius 1 is 1.07 bits per heavy atom. The molecule has 2 aromatic rings. The van der Waals surface area contributed by atoms with E-state index in [-0.39, 0.29) is 18.9 Å². The van der Waals surface area contributed by atoms with E-state index in [0.29, 0.717) is 22.8 Å². The van der Waals surface area contributed by atoms with Gasteiger partial charge in [-0.2, -0.15) is 0 Å². The molecule has 0 spiro atoms. The summed E-state index contributed by atoms with van der Waals surface area (Å²) in [5, 5.41) is 5.84. The van der Waals surface area contributed by atoms with Crippen molar-refractivity contribution in [2.24, 2.45) is 0 Å². The van der Waals surface area contributed by atoms with Gasteiger partial charge in [0.05, 0.1) is 24.9 Å². The zero-order valence-corrected chi connectivity index (χ0v) is 14.8. The van der Waals surface area contributed by atoms with Gasteiger partial charge in [-0.15, -0.1) is 0 Å². The Balaban J connectivity index is 1.84. The number of ether oxygens (including phenoxy) is 1. The molecule has 138 valence electrons. The van der Waals surface area contributed by atoms with Crippen molar-refractivity contribution in [3.8, 4) is 0 Å². The predicted molar refractivity (Wildman–Crippen MR) is 102 cm³/mol. The predicted octanol–water partition coefficient (Wildman–Crippen LogP) is 2.53.